The monoisotopic (exact) mass is 521 g/mol. The molecule has 11 heteroatoms. The Morgan fingerprint density at radius 3 is 2.73 bits per heavy atom. The van der Waals surface area contributed by atoms with Crippen LogP contribution in [0.4, 0.5) is 11.5 Å². The van der Waals surface area contributed by atoms with E-state index in [1.807, 2.05) is 0 Å². The van der Waals surface area contributed by atoms with Gasteiger partial charge in [0.05, 0.1) is 24.5 Å². The SMILES string of the molecule is COC(=O)CCCC[S-](=O)=NC(=O)c1cnc(N)c(C#Cc2cccc(NC(=O)c3occc3C)c2)c1. The molecule has 3 N–H and O–H groups in total. The zero-order chi connectivity index (χ0) is 26.8. The van der Waals surface area contributed by atoms with Crippen LogP contribution in [-0.2, 0) is 24.3 Å². The molecule has 0 atom stereocenters. The predicted octanol–water partition coefficient (Wildman–Crippen LogP) is 3.85. The molecule has 37 heavy (non-hydrogen) atoms. The molecule has 0 saturated heterocycles. The smallest absolute Gasteiger partial charge is 0.305 e. The van der Waals surface area contributed by atoms with Crippen LogP contribution in [0, 0.1) is 18.8 Å². The fourth-order valence-corrected chi connectivity index (χ4v) is 3.92. The molecule has 0 unspecified atom stereocenters. The summed E-state index contributed by atoms with van der Waals surface area (Å²) in [6, 6.07) is 10.0. The summed E-state index contributed by atoms with van der Waals surface area (Å²) in [7, 11) is -0.445. The predicted molar refractivity (Wildman–Crippen MR) is 138 cm³/mol. The molecular formula is C26H25N4O6S-. The summed E-state index contributed by atoms with van der Waals surface area (Å²) in [6.45, 7) is 1.77. The Labute approximate surface area is 215 Å². The summed E-state index contributed by atoms with van der Waals surface area (Å²) in [5.74, 6) is 4.86. The summed E-state index contributed by atoms with van der Waals surface area (Å²) < 4.78 is 25.5. The average Bonchev–Trinajstić information content (AvgIpc) is 3.32. The van der Waals surface area contributed by atoms with Crippen LogP contribution in [0.5, 0.6) is 0 Å². The van der Waals surface area contributed by atoms with Crippen molar-refractivity contribution in [3.63, 3.8) is 0 Å². The second kappa shape index (κ2) is 13.0. The molecule has 2 heterocycles. The van der Waals surface area contributed by atoms with Gasteiger partial charge in [0.15, 0.2) is 5.76 Å². The number of nitrogens with zero attached hydrogens (tertiary/aromatic N) is 2. The maximum absolute atomic E-state index is 12.4. The van der Waals surface area contributed by atoms with E-state index < -0.39 is 16.5 Å². The van der Waals surface area contributed by atoms with Gasteiger partial charge in [-0.05, 0) is 43.7 Å². The fourth-order valence-electron chi connectivity index (χ4n) is 3.09. The van der Waals surface area contributed by atoms with Gasteiger partial charge in [-0.15, -0.1) is 0 Å². The zero-order valence-corrected chi connectivity index (χ0v) is 21.1. The topological polar surface area (TPSA) is 154 Å². The van der Waals surface area contributed by atoms with Gasteiger partial charge in [-0.3, -0.25) is 14.4 Å². The summed E-state index contributed by atoms with van der Waals surface area (Å²) in [6.07, 6.45) is 3.84. The lowest BCUT2D eigenvalue weighted by Crippen LogP contribution is -2.12. The minimum Gasteiger partial charge on any atom is -0.469 e. The van der Waals surface area contributed by atoms with Gasteiger partial charge >= 0.3 is 5.97 Å². The Balaban J connectivity index is 1.68. The van der Waals surface area contributed by atoms with E-state index in [1.165, 1.54) is 25.6 Å². The van der Waals surface area contributed by atoms with Crippen molar-refractivity contribution in [2.24, 2.45) is 4.36 Å². The second-order valence-electron chi connectivity index (χ2n) is 7.83. The van der Waals surface area contributed by atoms with Gasteiger partial charge in [0.1, 0.15) is 5.82 Å². The summed E-state index contributed by atoms with van der Waals surface area (Å²) in [5, 5.41) is 2.76. The lowest BCUT2D eigenvalue weighted by atomic mass is 10.1. The van der Waals surface area contributed by atoms with Crippen LogP contribution in [0.25, 0.3) is 0 Å². The molecule has 2 aromatic heterocycles. The maximum atomic E-state index is 12.4. The number of unbranched alkanes of at least 4 members (excludes halogenated alkanes) is 1. The lowest BCUT2D eigenvalue weighted by molar-refractivity contribution is -0.140. The Kier molecular flexibility index (Phi) is 9.57. The molecular weight excluding hydrogens is 496 g/mol. The average molecular weight is 522 g/mol. The first-order valence-corrected chi connectivity index (χ1v) is 12.5. The molecule has 3 rings (SSSR count). The number of amides is 2. The number of benzene rings is 1. The van der Waals surface area contributed by atoms with Crippen LogP contribution in [0.15, 0.2) is 57.6 Å². The van der Waals surface area contributed by atoms with Crippen molar-refractivity contribution in [2.45, 2.75) is 26.2 Å². The molecule has 3 aromatic rings. The van der Waals surface area contributed by atoms with E-state index in [1.54, 1.807) is 37.3 Å². The quantitative estimate of drug-likeness (QED) is 0.196. The first-order chi connectivity index (χ1) is 17.8. The molecule has 192 valence electrons. The van der Waals surface area contributed by atoms with E-state index in [2.05, 4.69) is 31.2 Å². The van der Waals surface area contributed by atoms with E-state index in [0.717, 1.165) is 5.56 Å². The normalized spacial score (nSPS) is 11.3. The van der Waals surface area contributed by atoms with Crippen LogP contribution >= 0.6 is 0 Å². The molecule has 0 aliphatic carbocycles. The van der Waals surface area contributed by atoms with Crippen molar-refractivity contribution >= 4 is 39.9 Å². The van der Waals surface area contributed by atoms with Gasteiger partial charge in [-0.25, -0.2) is 4.98 Å². The maximum Gasteiger partial charge on any atom is 0.305 e. The Hall–Kier alpha value is -4.43. The van der Waals surface area contributed by atoms with E-state index >= 15 is 0 Å². The number of ether oxygens (including phenoxy) is 1. The Morgan fingerprint density at radius 1 is 1.19 bits per heavy atom. The van der Waals surface area contributed by atoms with Crippen molar-refractivity contribution in [1.29, 1.82) is 0 Å². The molecule has 0 saturated carbocycles. The van der Waals surface area contributed by atoms with Crippen molar-refractivity contribution < 1.29 is 27.7 Å². The van der Waals surface area contributed by atoms with E-state index in [9.17, 15) is 18.6 Å². The van der Waals surface area contributed by atoms with Gasteiger partial charge in [-0.2, -0.15) is 10.6 Å². The highest BCUT2D eigenvalue weighted by Crippen LogP contribution is 2.16. The third kappa shape index (κ3) is 8.05. The largest absolute Gasteiger partial charge is 0.469 e. The van der Waals surface area contributed by atoms with Crippen LogP contribution in [0.2, 0.25) is 0 Å². The number of furan rings is 1. The number of nitrogens with one attached hydrogen (secondary N) is 1. The lowest BCUT2D eigenvalue weighted by Gasteiger charge is -2.05. The van der Waals surface area contributed by atoms with E-state index in [4.69, 9.17) is 10.2 Å². The van der Waals surface area contributed by atoms with Crippen LogP contribution in [-0.4, -0.2) is 35.6 Å². The van der Waals surface area contributed by atoms with Gasteiger partial charge in [0, 0.05) is 29.4 Å². The van der Waals surface area contributed by atoms with Crippen LogP contribution in [0.3, 0.4) is 0 Å². The standard InChI is InChI=1S/C26H25N4O6S/c1-17-11-12-36-23(17)26(33)29-21-7-5-6-18(14-21)9-10-19-15-20(16-28-24(19)27)25(32)30-37(34)13-4-3-8-22(31)35-2/h5-7,11-12,14-16H,3-4,8,13H2,1-2H3,(H2,27,28)(H,29,33)/q-1. The Bertz CT molecular complexity index is 1460. The number of pyridine rings is 1. The molecule has 0 spiro atoms. The zero-order valence-electron chi connectivity index (χ0n) is 20.3. The van der Waals surface area contributed by atoms with E-state index in [0.29, 0.717) is 29.7 Å². The summed E-state index contributed by atoms with van der Waals surface area (Å²) in [5.41, 5.74) is 8.14. The number of hydrogen-bond acceptors (Lipinski definition) is 9. The highest BCUT2D eigenvalue weighted by molar-refractivity contribution is 7.75. The number of aromatic nitrogens is 1. The molecule has 10 nitrogen and oxygen atoms in total. The van der Waals surface area contributed by atoms with E-state index in [-0.39, 0.29) is 41.2 Å². The number of carbonyl (C=O) groups excluding carboxylic acids is 3. The molecule has 0 fully saturated rings. The number of rotatable bonds is 8. The van der Waals surface area contributed by atoms with Crippen molar-refractivity contribution in [3.8, 4) is 11.8 Å². The number of carbonyl (C=O) groups is 3. The first-order valence-electron chi connectivity index (χ1n) is 11.2. The number of aryl methyl sites for hydroxylation is 1. The molecule has 2 amide bonds. The number of hydrogen-bond donors (Lipinski definition) is 2. The van der Waals surface area contributed by atoms with Gasteiger partial charge in [0.25, 0.3) is 11.8 Å². The molecule has 0 bridgehead atoms. The van der Waals surface area contributed by atoms with Crippen molar-refractivity contribution in [3.05, 3.63) is 76.9 Å². The van der Waals surface area contributed by atoms with Gasteiger partial charge in [0.2, 0.25) is 0 Å². The number of esters is 1. The number of anilines is 2. The fraction of sp³-hybridized carbons (Fsp3) is 0.231. The third-order valence-electron chi connectivity index (χ3n) is 5.06. The Morgan fingerprint density at radius 2 is 2.00 bits per heavy atom. The molecule has 1 aromatic carbocycles. The minimum atomic E-state index is -1.75. The summed E-state index contributed by atoms with van der Waals surface area (Å²) in [4.78, 5) is 39.9. The number of nitrogen functional groups attached to an aromatic ring is 1. The number of methoxy groups -OCH3 is 1. The van der Waals surface area contributed by atoms with Crippen molar-refractivity contribution in [1.82, 2.24) is 4.98 Å². The molecule has 0 aliphatic heterocycles. The van der Waals surface area contributed by atoms with Crippen LogP contribution in [0.1, 0.15) is 56.9 Å². The highest BCUT2D eigenvalue weighted by Gasteiger charge is 2.12. The molecule has 0 aliphatic rings. The van der Waals surface area contributed by atoms with Gasteiger partial charge in [-0.1, -0.05) is 30.1 Å². The highest BCUT2D eigenvalue weighted by atomic mass is 32.2. The minimum absolute atomic E-state index is 0.0937. The van der Waals surface area contributed by atoms with Gasteiger partial charge < -0.3 is 28.8 Å². The third-order valence-corrected chi connectivity index (χ3v) is 6.07. The number of nitrogens with two attached hydrogens (primary N) is 1. The van der Waals surface area contributed by atoms with Crippen molar-refractivity contribution in [2.75, 3.05) is 23.9 Å². The first kappa shape index (κ1) is 27.2. The molecule has 0 radical (unpaired) electrons. The summed E-state index contributed by atoms with van der Waals surface area (Å²) >= 11 is 0. The van der Waals surface area contributed by atoms with Crippen LogP contribution < -0.4 is 11.1 Å². The second-order valence-corrected chi connectivity index (χ2v) is 9.06.